The smallest absolute Gasteiger partial charge is 0.323 e. The molecule has 3 N–H and O–H groups in total. The molecule has 0 aromatic carbocycles. The highest BCUT2D eigenvalue weighted by molar-refractivity contribution is 7.90. The van der Waals surface area contributed by atoms with Crippen molar-refractivity contribution in [1.82, 2.24) is 4.90 Å². The van der Waals surface area contributed by atoms with Gasteiger partial charge in [0.05, 0.1) is 5.75 Å². The fourth-order valence-corrected chi connectivity index (χ4v) is 1.61. The number of carboxylic acid groups (broad SMARTS) is 1. The van der Waals surface area contributed by atoms with E-state index in [2.05, 4.69) is 0 Å². The van der Waals surface area contributed by atoms with E-state index in [0.717, 1.165) is 0 Å². The summed E-state index contributed by atoms with van der Waals surface area (Å²) in [5.41, 5.74) is 4.28. The van der Waals surface area contributed by atoms with Crippen LogP contribution in [0.5, 0.6) is 0 Å². The van der Waals surface area contributed by atoms with E-state index in [1.807, 2.05) is 0 Å². The summed E-state index contributed by atoms with van der Waals surface area (Å²) >= 11 is 0. The molecule has 1 unspecified atom stereocenters. The second kappa shape index (κ2) is 5.60. The predicted octanol–water partition coefficient (Wildman–Crippen LogP) is -0.845. The van der Waals surface area contributed by atoms with Crippen LogP contribution < -0.4 is 5.73 Å². The maximum atomic E-state index is 10.9. The molecule has 0 radical (unpaired) electrons. The molecule has 0 rings (SSSR count). The molecule has 0 spiro atoms. The number of sulfone groups is 1. The molecule has 0 bridgehead atoms. The number of nitrogens with two attached hydrogens (primary N) is 1. The minimum absolute atomic E-state index is 0.0673. The van der Waals surface area contributed by atoms with E-state index in [1.54, 1.807) is 11.9 Å². The van der Waals surface area contributed by atoms with Crippen molar-refractivity contribution in [3.05, 3.63) is 0 Å². The Morgan fingerprint density at radius 1 is 1.44 bits per heavy atom. The van der Waals surface area contributed by atoms with Crippen molar-refractivity contribution in [2.24, 2.45) is 5.73 Å². The van der Waals surface area contributed by atoms with E-state index in [0.29, 0.717) is 13.1 Å². The Labute approximate surface area is 96.3 Å². The zero-order chi connectivity index (χ0) is 13.0. The number of hydrogen-bond acceptors (Lipinski definition) is 5. The SMILES string of the molecule is CN(CCC(C)(N)C(=O)O)CCS(C)(=O)=O. The summed E-state index contributed by atoms with van der Waals surface area (Å²) in [5.74, 6) is -0.985. The zero-order valence-corrected chi connectivity index (χ0v) is 10.7. The fraction of sp³-hybridized carbons (Fsp3) is 0.889. The summed E-state index contributed by atoms with van der Waals surface area (Å²) in [7, 11) is -1.24. The van der Waals surface area contributed by atoms with Crippen molar-refractivity contribution < 1.29 is 18.3 Å². The van der Waals surface area contributed by atoms with Crippen LogP contribution in [0.4, 0.5) is 0 Å². The molecule has 0 heterocycles. The Morgan fingerprint density at radius 3 is 2.31 bits per heavy atom. The third kappa shape index (κ3) is 6.76. The molecule has 0 saturated heterocycles. The first kappa shape index (κ1) is 15.3. The van der Waals surface area contributed by atoms with Gasteiger partial charge in [0.2, 0.25) is 0 Å². The second-order valence-electron chi connectivity index (χ2n) is 4.41. The number of carbonyl (C=O) groups is 1. The number of rotatable bonds is 7. The topological polar surface area (TPSA) is 101 Å². The quantitative estimate of drug-likeness (QED) is 0.612. The second-order valence-corrected chi connectivity index (χ2v) is 6.67. The van der Waals surface area contributed by atoms with Crippen LogP contribution in [0.1, 0.15) is 13.3 Å². The normalized spacial score (nSPS) is 16.1. The first-order valence-electron chi connectivity index (χ1n) is 4.93. The summed E-state index contributed by atoms with van der Waals surface area (Å²) in [6.07, 6.45) is 1.45. The number of nitrogens with zero attached hydrogens (tertiary/aromatic N) is 1. The Morgan fingerprint density at radius 2 is 1.94 bits per heavy atom. The number of hydrogen-bond donors (Lipinski definition) is 2. The first-order chi connectivity index (χ1) is 7.04. The summed E-state index contributed by atoms with van der Waals surface area (Å²) < 4.78 is 21.8. The van der Waals surface area contributed by atoms with Crippen molar-refractivity contribution in [1.29, 1.82) is 0 Å². The van der Waals surface area contributed by atoms with Gasteiger partial charge in [0.1, 0.15) is 15.4 Å². The van der Waals surface area contributed by atoms with Gasteiger partial charge in [0.25, 0.3) is 0 Å². The van der Waals surface area contributed by atoms with Crippen LogP contribution in [-0.2, 0) is 14.6 Å². The molecule has 0 fully saturated rings. The maximum absolute atomic E-state index is 10.9. The van der Waals surface area contributed by atoms with Gasteiger partial charge in [-0.25, -0.2) is 8.42 Å². The van der Waals surface area contributed by atoms with Gasteiger partial charge in [0.15, 0.2) is 0 Å². The Bertz CT molecular complexity index is 337. The van der Waals surface area contributed by atoms with Gasteiger partial charge >= 0.3 is 5.97 Å². The average Bonchev–Trinajstić information content (AvgIpc) is 2.10. The van der Waals surface area contributed by atoms with E-state index < -0.39 is 21.3 Å². The third-order valence-corrected chi connectivity index (χ3v) is 3.27. The van der Waals surface area contributed by atoms with Gasteiger partial charge in [-0.2, -0.15) is 0 Å². The lowest BCUT2D eigenvalue weighted by Gasteiger charge is -2.23. The van der Waals surface area contributed by atoms with Crippen molar-refractivity contribution in [2.45, 2.75) is 18.9 Å². The van der Waals surface area contributed by atoms with E-state index in [9.17, 15) is 13.2 Å². The highest BCUT2D eigenvalue weighted by Crippen LogP contribution is 2.06. The van der Waals surface area contributed by atoms with E-state index in [-0.39, 0.29) is 12.2 Å². The average molecular weight is 252 g/mol. The van der Waals surface area contributed by atoms with Gasteiger partial charge in [-0.1, -0.05) is 0 Å². The highest BCUT2D eigenvalue weighted by atomic mass is 32.2. The fourth-order valence-electron chi connectivity index (χ4n) is 0.964. The molecule has 6 nitrogen and oxygen atoms in total. The maximum Gasteiger partial charge on any atom is 0.323 e. The highest BCUT2D eigenvalue weighted by Gasteiger charge is 2.27. The first-order valence-corrected chi connectivity index (χ1v) is 6.99. The summed E-state index contributed by atoms with van der Waals surface area (Å²) in [6, 6.07) is 0. The summed E-state index contributed by atoms with van der Waals surface area (Å²) in [6.45, 7) is 2.28. The molecule has 0 aromatic rings. The Balaban J connectivity index is 4.00. The lowest BCUT2D eigenvalue weighted by molar-refractivity contribution is -0.143. The number of aliphatic carboxylic acids is 1. The molecular weight excluding hydrogens is 232 g/mol. The van der Waals surface area contributed by atoms with E-state index in [4.69, 9.17) is 10.8 Å². The van der Waals surface area contributed by atoms with Crippen LogP contribution in [0.15, 0.2) is 0 Å². The Kier molecular flexibility index (Phi) is 5.37. The van der Waals surface area contributed by atoms with Gasteiger partial charge in [-0.15, -0.1) is 0 Å². The number of carboxylic acids is 1. The molecule has 7 heteroatoms. The van der Waals surface area contributed by atoms with Crippen LogP contribution in [0, 0.1) is 0 Å². The standard InChI is InChI=1S/C9H20N2O4S/c1-9(10,8(12)13)4-5-11(2)6-7-16(3,14)15/h4-7,10H2,1-3H3,(H,12,13). The van der Waals surface area contributed by atoms with Crippen molar-refractivity contribution in [3.8, 4) is 0 Å². The molecule has 0 aliphatic rings. The zero-order valence-electron chi connectivity index (χ0n) is 9.93. The van der Waals surface area contributed by atoms with Crippen LogP contribution in [0.25, 0.3) is 0 Å². The molecule has 1 atom stereocenters. The van der Waals surface area contributed by atoms with Crippen molar-refractivity contribution in [3.63, 3.8) is 0 Å². The molecule has 0 saturated carbocycles. The van der Waals surface area contributed by atoms with E-state index >= 15 is 0 Å². The monoisotopic (exact) mass is 252 g/mol. The largest absolute Gasteiger partial charge is 0.480 e. The molecule has 96 valence electrons. The molecular formula is C9H20N2O4S. The van der Waals surface area contributed by atoms with Gasteiger partial charge in [-0.3, -0.25) is 4.79 Å². The van der Waals surface area contributed by atoms with Gasteiger partial charge in [-0.05, 0) is 20.4 Å². The molecule has 16 heavy (non-hydrogen) atoms. The van der Waals surface area contributed by atoms with Crippen molar-refractivity contribution in [2.75, 3.05) is 32.1 Å². The molecule has 0 aliphatic carbocycles. The third-order valence-electron chi connectivity index (χ3n) is 2.35. The lowest BCUT2D eigenvalue weighted by Crippen LogP contribution is -2.47. The van der Waals surface area contributed by atoms with Crippen molar-refractivity contribution >= 4 is 15.8 Å². The molecule has 0 aromatic heterocycles. The van der Waals surface area contributed by atoms with Gasteiger partial charge in [0, 0.05) is 19.3 Å². The predicted molar refractivity (Wildman–Crippen MR) is 62.1 cm³/mol. The van der Waals surface area contributed by atoms with Crippen LogP contribution >= 0.6 is 0 Å². The lowest BCUT2D eigenvalue weighted by atomic mass is 10.00. The van der Waals surface area contributed by atoms with Gasteiger partial charge < -0.3 is 15.7 Å². The molecule has 0 amide bonds. The van der Waals surface area contributed by atoms with Crippen LogP contribution in [-0.4, -0.2) is 62.1 Å². The summed E-state index contributed by atoms with van der Waals surface area (Å²) in [4.78, 5) is 12.5. The summed E-state index contributed by atoms with van der Waals surface area (Å²) in [5, 5.41) is 8.77. The molecule has 0 aliphatic heterocycles. The van der Waals surface area contributed by atoms with E-state index in [1.165, 1.54) is 13.2 Å². The minimum Gasteiger partial charge on any atom is -0.480 e. The van der Waals surface area contributed by atoms with Crippen LogP contribution in [0.3, 0.4) is 0 Å². The van der Waals surface area contributed by atoms with Crippen LogP contribution in [0.2, 0.25) is 0 Å². The Hall–Kier alpha value is -0.660. The minimum atomic E-state index is -2.98.